The fourth-order valence-electron chi connectivity index (χ4n) is 2.83. The molecule has 2 atom stereocenters. The van der Waals surface area contributed by atoms with Gasteiger partial charge >= 0.3 is 6.09 Å². The summed E-state index contributed by atoms with van der Waals surface area (Å²) in [7, 11) is 0. The van der Waals surface area contributed by atoms with Crippen molar-refractivity contribution < 1.29 is 23.4 Å². The largest absolute Gasteiger partial charge is 0.444 e. The number of benzene rings is 2. The Morgan fingerprint density at radius 3 is 2.28 bits per heavy atom. The predicted octanol–water partition coefficient (Wildman–Crippen LogP) is 3.55. The van der Waals surface area contributed by atoms with E-state index in [0.29, 0.717) is 12.0 Å². The highest BCUT2D eigenvalue weighted by molar-refractivity contribution is 5.68. The van der Waals surface area contributed by atoms with E-state index in [4.69, 9.17) is 4.74 Å². The third kappa shape index (κ3) is 8.58. The number of aliphatic hydroxyl groups is 1. The number of halogens is 2. The molecule has 7 heteroatoms. The van der Waals surface area contributed by atoms with E-state index in [1.54, 1.807) is 20.8 Å². The number of carbonyl (C=O) groups excluding carboxylic acids is 1. The molecule has 158 valence electrons. The smallest absolute Gasteiger partial charge is 0.407 e. The van der Waals surface area contributed by atoms with Crippen LogP contribution in [0.25, 0.3) is 0 Å². The molecule has 2 aromatic carbocycles. The van der Waals surface area contributed by atoms with Crippen molar-refractivity contribution in [2.24, 2.45) is 0 Å². The molecule has 0 bridgehead atoms. The highest BCUT2D eigenvalue weighted by atomic mass is 19.1. The topological polar surface area (TPSA) is 70.6 Å². The Morgan fingerprint density at radius 1 is 1.07 bits per heavy atom. The molecule has 0 fully saturated rings. The zero-order chi connectivity index (χ0) is 21.4. The van der Waals surface area contributed by atoms with Crippen LogP contribution in [-0.2, 0) is 17.7 Å². The van der Waals surface area contributed by atoms with E-state index in [2.05, 4.69) is 10.6 Å². The second-order valence-corrected chi connectivity index (χ2v) is 7.92. The first kappa shape index (κ1) is 22.8. The Kier molecular flexibility index (Phi) is 8.10. The van der Waals surface area contributed by atoms with Gasteiger partial charge in [0.15, 0.2) is 0 Å². The number of hydrogen-bond acceptors (Lipinski definition) is 4. The lowest BCUT2D eigenvalue weighted by molar-refractivity contribution is 0.0422. The zero-order valence-electron chi connectivity index (χ0n) is 16.9. The minimum atomic E-state index is -0.943. The monoisotopic (exact) mass is 406 g/mol. The standard InChI is InChI=1S/C22H28F2N2O3/c1-22(2,3)29-21(28)26-19(11-15-7-5-4-6-8-15)20(27)14-25-13-16-9-17(23)12-18(24)10-16/h4-10,12,19-20,25,27H,11,13-14H2,1-3H3,(H,26,28)/t19-,20+/m0/s1. The molecule has 0 unspecified atom stereocenters. The van der Waals surface area contributed by atoms with Crippen molar-refractivity contribution in [3.63, 3.8) is 0 Å². The molecule has 2 rings (SSSR count). The van der Waals surface area contributed by atoms with Crippen LogP contribution >= 0.6 is 0 Å². The van der Waals surface area contributed by atoms with E-state index in [-0.39, 0.29) is 13.1 Å². The summed E-state index contributed by atoms with van der Waals surface area (Å²) in [5, 5.41) is 16.3. The maximum Gasteiger partial charge on any atom is 0.407 e. The first-order chi connectivity index (χ1) is 13.6. The number of nitrogens with one attached hydrogen (secondary N) is 2. The van der Waals surface area contributed by atoms with Crippen molar-refractivity contribution in [1.82, 2.24) is 10.6 Å². The number of ether oxygens (including phenoxy) is 1. The van der Waals surface area contributed by atoms with Crippen molar-refractivity contribution in [2.45, 2.75) is 51.5 Å². The van der Waals surface area contributed by atoms with Crippen molar-refractivity contribution >= 4 is 6.09 Å². The van der Waals surface area contributed by atoms with Gasteiger partial charge in [-0.05, 0) is 50.5 Å². The Hall–Kier alpha value is -2.51. The van der Waals surface area contributed by atoms with Crippen LogP contribution in [0.5, 0.6) is 0 Å². The minimum absolute atomic E-state index is 0.116. The van der Waals surface area contributed by atoms with Crippen LogP contribution in [0.2, 0.25) is 0 Å². The number of rotatable bonds is 8. The van der Waals surface area contributed by atoms with Gasteiger partial charge in [0.25, 0.3) is 0 Å². The summed E-state index contributed by atoms with van der Waals surface area (Å²) < 4.78 is 31.9. The van der Waals surface area contributed by atoms with E-state index in [1.165, 1.54) is 12.1 Å². The Balaban J connectivity index is 1.98. The van der Waals surface area contributed by atoms with Gasteiger partial charge < -0.3 is 20.5 Å². The van der Waals surface area contributed by atoms with Gasteiger partial charge in [-0.25, -0.2) is 13.6 Å². The first-order valence-corrected chi connectivity index (χ1v) is 9.49. The molecule has 0 aromatic heterocycles. The second-order valence-electron chi connectivity index (χ2n) is 7.92. The van der Waals surface area contributed by atoms with Gasteiger partial charge in [0.2, 0.25) is 0 Å². The number of alkyl carbamates (subject to hydrolysis) is 1. The fraction of sp³-hybridized carbons (Fsp3) is 0.409. The molecule has 0 saturated heterocycles. The predicted molar refractivity (Wildman–Crippen MR) is 107 cm³/mol. The van der Waals surface area contributed by atoms with Crippen LogP contribution in [-0.4, -0.2) is 35.5 Å². The lowest BCUT2D eigenvalue weighted by Crippen LogP contribution is -2.49. The normalized spacial score (nSPS) is 13.6. The van der Waals surface area contributed by atoms with Crippen molar-refractivity contribution in [3.05, 3.63) is 71.3 Å². The lowest BCUT2D eigenvalue weighted by Gasteiger charge is -2.27. The molecule has 0 radical (unpaired) electrons. The summed E-state index contributed by atoms with van der Waals surface area (Å²) in [5.41, 5.74) is 0.709. The Morgan fingerprint density at radius 2 is 1.69 bits per heavy atom. The molecule has 5 nitrogen and oxygen atoms in total. The summed E-state index contributed by atoms with van der Waals surface area (Å²) in [5.74, 6) is -1.31. The molecular formula is C22H28F2N2O3. The molecule has 1 amide bonds. The van der Waals surface area contributed by atoms with E-state index in [0.717, 1.165) is 11.6 Å². The molecule has 0 heterocycles. The Bertz CT molecular complexity index is 774. The Labute approximate surface area is 170 Å². The highest BCUT2D eigenvalue weighted by Gasteiger charge is 2.24. The first-order valence-electron chi connectivity index (χ1n) is 9.49. The van der Waals surface area contributed by atoms with Gasteiger partial charge in [-0.2, -0.15) is 0 Å². The molecule has 0 spiro atoms. The average Bonchev–Trinajstić information content (AvgIpc) is 2.59. The van der Waals surface area contributed by atoms with E-state index in [9.17, 15) is 18.7 Å². The molecule has 0 aliphatic rings. The van der Waals surface area contributed by atoms with Gasteiger partial charge in [0.05, 0.1) is 12.1 Å². The van der Waals surface area contributed by atoms with Gasteiger partial charge in [-0.1, -0.05) is 30.3 Å². The highest BCUT2D eigenvalue weighted by Crippen LogP contribution is 2.11. The molecule has 0 saturated carbocycles. The van der Waals surface area contributed by atoms with Crippen LogP contribution in [0.15, 0.2) is 48.5 Å². The third-order valence-corrected chi connectivity index (χ3v) is 4.07. The third-order valence-electron chi connectivity index (χ3n) is 4.07. The zero-order valence-corrected chi connectivity index (χ0v) is 16.9. The second kappa shape index (κ2) is 10.3. The number of aliphatic hydroxyl groups excluding tert-OH is 1. The van der Waals surface area contributed by atoms with Crippen molar-refractivity contribution in [2.75, 3.05) is 6.54 Å². The minimum Gasteiger partial charge on any atom is -0.444 e. The molecule has 0 aliphatic carbocycles. The maximum atomic E-state index is 13.3. The van der Waals surface area contributed by atoms with E-state index < -0.39 is 35.5 Å². The summed E-state index contributed by atoms with van der Waals surface area (Å²) in [6.07, 6.45) is -1.16. The van der Waals surface area contributed by atoms with E-state index >= 15 is 0 Å². The van der Waals surface area contributed by atoms with Crippen LogP contribution in [0.1, 0.15) is 31.9 Å². The average molecular weight is 406 g/mol. The fourth-order valence-corrected chi connectivity index (χ4v) is 2.83. The molecule has 3 N–H and O–H groups in total. The SMILES string of the molecule is CC(C)(C)OC(=O)N[C@@H](Cc1ccccc1)[C@H](O)CNCc1cc(F)cc(F)c1. The molecular weight excluding hydrogens is 378 g/mol. The summed E-state index contributed by atoms with van der Waals surface area (Å²) in [6.45, 7) is 5.57. The lowest BCUT2D eigenvalue weighted by atomic mass is 10.0. The summed E-state index contributed by atoms with van der Waals surface area (Å²) >= 11 is 0. The molecule has 2 aromatic rings. The van der Waals surface area contributed by atoms with Crippen LogP contribution in [0.3, 0.4) is 0 Å². The van der Waals surface area contributed by atoms with Crippen molar-refractivity contribution in [3.8, 4) is 0 Å². The maximum absolute atomic E-state index is 13.3. The number of carbonyl (C=O) groups is 1. The van der Waals surface area contributed by atoms with Gasteiger partial charge in [0.1, 0.15) is 17.2 Å². The summed E-state index contributed by atoms with van der Waals surface area (Å²) in [6, 6.07) is 12.1. The number of hydrogen-bond donors (Lipinski definition) is 3. The quantitative estimate of drug-likeness (QED) is 0.627. The van der Waals surface area contributed by atoms with Gasteiger partial charge in [0, 0.05) is 19.2 Å². The van der Waals surface area contributed by atoms with Gasteiger partial charge in [-0.3, -0.25) is 0 Å². The molecule has 29 heavy (non-hydrogen) atoms. The number of amides is 1. The van der Waals surface area contributed by atoms with E-state index in [1.807, 2.05) is 30.3 Å². The molecule has 0 aliphatic heterocycles. The van der Waals surface area contributed by atoms with Crippen molar-refractivity contribution in [1.29, 1.82) is 0 Å². The van der Waals surface area contributed by atoms with Gasteiger partial charge in [-0.15, -0.1) is 0 Å². The summed E-state index contributed by atoms with van der Waals surface area (Å²) in [4.78, 5) is 12.2. The van der Waals surface area contributed by atoms with Crippen LogP contribution in [0.4, 0.5) is 13.6 Å². The van der Waals surface area contributed by atoms with Crippen LogP contribution in [0, 0.1) is 11.6 Å². The van der Waals surface area contributed by atoms with Crippen LogP contribution < -0.4 is 10.6 Å².